The number of imidazole rings is 1. The minimum absolute atomic E-state index is 0.387. The Labute approximate surface area is 107 Å². The first-order valence-corrected chi connectivity index (χ1v) is 6.60. The maximum absolute atomic E-state index is 6.04. The third-order valence-electron chi connectivity index (χ3n) is 3.89. The second-order valence-electron chi connectivity index (χ2n) is 5.68. The lowest BCUT2D eigenvalue weighted by Crippen LogP contribution is -2.04. The molecule has 1 fully saturated rings. The number of hydrogen-bond acceptors (Lipinski definition) is 1. The largest absolute Gasteiger partial charge is 0.323 e. The average Bonchev–Trinajstić information content (AvgIpc) is 2.75. The summed E-state index contributed by atoms with van der Waals surface area (Å²) in [5.74, 6) is 1.49. The summed E-state index contributed by atoms with van der Waals surface area (Å²) in [6.45, 7) is 6.71. The third-order valence-corrected chi connectivity index (χ3v) is 4.13. The predicted octanol–water partition coefficient (Wildman–Crippen LogP) is 4.05. The Balaban J connectivity index is 2.25. The van der Waals surface area contributed by atoms with Gasteiger partial charge >= 0.3 is 0 Å². The van der Waals surface area contributed by atoms with Crippen LogP contribution in [0.4, 0.5) is 0 Å². The van der Waals surface area contributed by atoms with Crippen LogP contribution in [0.5, 0.6) is 0 Å². The average molecular weight is 249 g/mol. The van der Waals surface area contributed by atoms with Crippen LogP contribution in [0.3, 0.4) is 0 Å². The molecule has 0 N–H and O–H groups in total. The molecule has 1 aromatic heterocycles. The van der Waals surface area contributed by atoms with Gasteiger partial charge in [-0.3, -0.25) is 0 Å². The van der Waals surface area contributed by atoms with E-state index in [1.54, 1.807) is 0 Å². The molecule has 0 radical (unpaired) electrons. The summed E-state index contributed by atoms with van der Waals surface area (Å²) in [6.07, 6.45) is 1.22. The zero-order valence-corrected chi connectivity index (χ0v) is 11.3. The minimum Gasteiger partial charge on any atom is -0.323 e. The first kappa shape index (κ1) is 11.1. The minimum atomic E-state index is 0.387. The molecule has 0 spiro atoms. The molecule has 17 heavy (non-hydrogen) atoms. The zero-order chi connectivity index (χ0) is 12.2. The van der Waals surface area contributed by atoms with Gasteiger partial charge < -0.3 is 4.57 Å². The molecule has 1 atom stereocenters. The van der Waals surface area contributed by atoms with Crippen molar-refractivity contribution >= 4 is 22.6 Å². The van der Waals surface area contributed by atoms with Crippen molar-refractivity contribution in [3.05, 3.63) is 29.6 Å². The maximum atomic E-state index is 6.04. The number of halogens is 1. The van der Waals surface area contributed by atoms with E-state index >= 15 is 0 Å². The molecule has 0 amide bonds. The van der Waals surface area contributed by atoms with E-state index in [0.29, 0.717) is 17.3 Å². The molecule has 1 heterocycles. The van der Waals surface area contributed by atoms with Crippen molar-refractivity contribution in [1.82, 2.24) is 9.55 Å². The fourth-order valence-electron chi connectivity index (χ4n) is 2.63. The molecule has 2 aromatic rings. The number of nitrogens with zero attached hydrogens (tertiary/aromatic N) is 2. The third kappa shape index (κ3) is 1.58. The number of hydrogen-bond donors (Lipinski definition) is 0. The number of aromatic nitrogens is 2. The number of fused-ring (bicyclic) bond motifs is 1. The number of para-hydroxylation sites is 1. The van der Waals surface area contributed by atoms with Crippen molar-refractivity contribution in [2.75, 3.05) is 0 Å². The Morgan fingerprint density at radius 1 is 1.47 bits per heavy atom. The van der Waals surface area contributed by atoms with Gasteiger partial charge in [0.25, 0.3) is 0 Å². The van der Waals surface area contributed by atoms with Gasteiger partial charge in [-0.25, -0.2) is 4.98 Å². The highest BCUT2D eigenvalue weighted by Gasteiger charge is 2.48. The normalized spacial score (nSPS) is 22.0. The maximum Gasteiger partial charge on any atom is 0.125 e. The molecule has 1 aromatic carbocycles. The molecule has 1 aliphatic carbocycles. The Morgan fingerprint density at radius 2 is 2.18 bits per heavy atom. The summed E-state index contributed by atoms with van der Waals surface area (Å²) in [5, 5.41) is 0. The van der Waals surface area contributed by atoms with Crippen LogP contribution >= 0.6 is 11.6 Å². The Bertz CT molecular complexity index is 583. The highest BCUT2D eigenvalue weighted by Crippen LogP contribution is 2.56. The summed E-state index contributed by atoms with van der Waals surface area (Å²) in [7, 11) is 0. The summed E-state index contributed by atoms with van der Waals surface area (Å²) < 4.78 is 2.34. The highest BCUT2D eigenvalue weighted by molar-refractivity contribution is 6.16. The Kier molecular flexibility index (Phi) is 2.27. The van der Waals surface area contributed by atoms with Crippen molar-refractivity contribution in [2.24, 2.45) is 5.41 Å². The topological polar surface area (TPSA) is 17.8 Å². The van der Waals surface area contributed by atoms with Crippen LogP contribution in [0.2, 0.25) is 0 Å². The summed E-state index contributed by atoms with van der Waals surface area (Å²) in [5.41, 5.74) is 3.95. The first-order chi connectivity index (χ1) is 8.04. The fourth-order valence-corrected chi connectivity index (χ4v) is 2.82. The summed E-state index contributed by atoms with van der Waals surface area (Å²) in [4.78, 5) is 4.69. The fraction of sp³-hybridized carbons (Fsp3) is 0.500. The zero-order valence-electron chi connectivity index (χ0n) is 10.5. The van der Waals surface area contributed by atoms with Gasteiger partial charge in [-0.1, -0.05) is 26.0 Å². The van der Waals surface area contributed by atoms with Gasteiger partial charge in [0.15, 0.2) is 0 Å². The molecule has 0 bridgehead atoms. The molecule has 0 aliphatic heterocycles. The monoisotopic (exact) mass is 248 g/mol. The highest BCUT2D eigenvalue weighted by atomic mass is 35.5. The smallest absolute Gasteiger partial charge is 0.125 e. The van der Waals surface area contributed by atoms with Crippen molar-refractivity contribution in [3.8, 4) is 0 Å². The molecule has 1 saturated carbocycles. The molecule has 1 aliphatic rings. The molecular weight excluding hydrogens is 232 g/mol. The van der Waals surface area contributed by atoms with E-state index in [4.69, 9.17) is 11.6 Å². The van der Waals surface area contributed by atoms with Crippen LogP contribution < -0.4 is 0 Å². The van der Waals surface area contributed by atoms with E-state index in [0.717, 1.165) is 11.3 Å². The van der Waals surface area contributed by atoms with E-state index in [-0.39, 0.29) is 0 Å². The van der Waals surface area contributed by atoms with Gasteiger partial charge in [0.1, 0.15) is 5.82 Å². The van der Waals surface area contributed by atoms with E-state index in [1.165, 1.54) is 17.5 Å². The lowest BCUT2D eigenvalue weighted by Gasteiger charge is -2.09. The number of benzene rings is 1. The van der Waals surface area contributed by atoms with E-state index in [1.807, 2.05) is 0 Å². The van der Waals surface area contributed by atoms with E-state index in [9.17, 15) is 0 Å². The van der Waals surface area contributed by atoms with Gasteiger partial charge in [-0.05, 0) is 30.4 Å². The molecule has 1 unspecified atom stereocenters. The van der Waals surface area contributed by atoms with Crippen molar-refractivity contribution in [3.63, 3.8) is 0 Å². The van der Waals surface area contributed by atoms with Gasteiger partial charge in [-0.2, -0.15) is 0 Å². The molecular formula is C14H17ClN2. The van der Waals surface area contributed by atoms with Gasteiger partial charge in [0, 0.05) is 6.04 Å². The van der Waals surface area contributed by atoms with E-state index < -0.39 is 0 Å². The van der Waals surface area contributed by atoms with Crippen LogP contribution in [0.25, 0.3) is 11.0 Å². The van der Waals surface area contributed by atoms with E-state index in [2.05, 4.69) is 48.5 Å². The van der Waals surface area contributed by atoms with Gasteiger partial charge in [-0.15, -0.1) is 11.6 Å². The van der Waals surface area contributed by atoms with Crippen LogP contribution in [-0.4, -0.2) is 9.55 Å². The van der Waals surface area contributed by atoms with Crippen LogP contribution in [0.1, 0.15) is 37.7 Å². The SMILES string of the molecule is Cc1cccc2c1nc(CCl)n2C1CC1(C)C. The molecule has 3 heteroatoms. The Hall–Kier alpha value is -1.02. The molecule has 2 nitrogen and oxygen atoms in total. The lowest BCUT2D eigenvalue weighted by atomic mass is 10.1. The quantitative estimate of drug-likeness (QED) is 0.733. The Morgan fingerprint density at radius 3 is 2.76 bits per heavy atom. The van der Waals surface area contributed by atoms with Gasteiger partial charge in [0.05, 0.1) is 16.9 Å². The molecule has 90 valence electrons. The molecule has 3 rings (SSSR count). The van der Waals surface area contributed by atoms with Crippen molar-refractivity contribution in [1.29, 1.82) is 0 Å². The van der Waals surface area contributed by atoms with Crippen LogP contribution in [0.15, 0.2) is 18.2 Å². The van der Waals surface area contributed by atoms with Crippen LogP contribution in [-0.2, 0) is 5.88 Å². The first-order valence-electron chi connectivity index (χ1n) is 6.07. The van der Waals surface area contributed by atoms with Crippen LogP contribution in [0, 0.1) is 12.3 Å². The predicted molar refractivity (Wildman–Crippen MR) is 71.5 cm³/mol. The second-order valence-corrected chi connectivity index (χ2v) is 5.95. The number of aryl methyl sites for hydroxylation is 1. The van der Waals surface area contributed by atoms with Crippen molar-refractivity contribution < 1.29 is 0 Å². The standard InChI is InChI=1S/C14H17ClN2/c1-9-5-4-6-10-13(9)16-12(8-15)17(10)11-7-14(11,2)3/h4-6,11H,7-8H2,1-3H3. The second kappa shape index (κ2) is 3.49. The van der Waals surface area contributed by atoms with Gasteiger partial charge in [0.2, 0.25) is 0 Å². The number of alkyl halides is 1. The molecule has 0 saturated heterocycles. The summed E-state index contributed by atoms with van der Waals surface area (Å²) >= 11 is 6.04. The van der Waals surface area contributed by atoms with Crippen molar-refractivity contribution in [2.45, 2.75) is 39.1 Å². The summed E-state index contributed by atoms with van der Waals surface area (Å²) in [6, 6.07) is 6.92. The number of rotatable bonds is 2. The lowest BCUT2D eigenvalue weighted by molar-refractivity contribution is 0.540.